The molecule has 1 saturated heterocycles. The van der Waals surface area contributed by atoms with Crippen molar-refractivity contribution in [2.24, 2.45) is 0 Å². The zero-order valence-electron chi connectivity index (χ0n) is 31.4. The largest absolute Gasteiger partial charge is 0.512 e. The monoisotopic (exact) mass is 669 g/mol. The van der Waals surface area contributed by atoms with E-state index in [2.05, 4.69) is 72.4 Å². The van der Waals surface area contributed by atoms with Gasteiger partial charge in [-0.3, -0.25) is 0 Å². The molecule has 7 heteroatoms. The van der Waals surface area contributed by atoms with Crippen LogP contribution in [0, 0.1) is 11.3 Å². The number of allylic oxidation sites excluding steroid dienone is 8. The molecule has 2 heterocycles. The van der Waals surface area contributed by atoms with Gasteiger partial charge >= 0.3 is 0 Å². The Morgan fingerprint density at radius 1 is 1.10 bits per heavy atom. The van der Waals surface area contributed by atoms with Crippen LogP contribution in [0.4, 0.5) is 5.82 Å². The van der Waals surface area contributed by atoms with Crippen LogP contribution in [0.5, 0.6) is 0 Å². The summed E-state index contributed by atoms with van der Waals surface area (Å²) in [5, 5.41) is 25.8. The summed E-state index contributed by atoms with van der Waals surface area (Å²) in [6.07, 6.45) is 15.8. The Morgan fingerprint density at radius 3 is 2.33 bits per heavy atom. The van der Waals surface area contributed by atoms with Crippen LogP contribution in [0.1, 0.15) is 92.1 Å². The third kappa shape index (κ3) is 19.4. The van der Waals surface area contributed by atoms with Crippen molar-refractivity contribution in [3.05, 3.63) is 102 Å². The minimum Gasteiger partial charge on any atom is -0.512 e. The van der Waals surface area contributed by atoms with Gasteiger partial charge < -0.3 is 25.4 Å². The van der Waals surface area contributed by atoms with Crippen molar-refractivity contribution in [1.29, 1.82) is 5.26 Å². The van der Waals surface area contributed by atoms with E-state index in [0.717, 1.165) is 82.7 Å². The molecular formula is C42H63N5O2. The lowest BCUT2D eigenvalue weighted by Crippen LogP contribution is -2.35. The minimum atomic E-state index is 0.514. The summed E-state index contributed by atoms with van der Waals surface area (Å²) in [5.41, 5.74) is 5.72. The zero-order chi connectivity index (χ0) is 37.0. The highest BCUT2D eigenvalue weighted by atomic mass is 16.3. The molecule has 0 saturated carbocycles. The normalized spacial score (nSPS) is 14.0. The second-order valence-corrected chi connectivity index (χ2v) is 12.0. The summed E-state index contributed by atoms with van der Waals surface area (Å²) in [6.45, 7) is 27.4. The van der Waals surface area contributed by atoms with Gasteiger partial charge in [0.05, 0.1) is 17.3 Å². The van der Waals surface area contributed by atoms with Crippen LogP contribution in [0.2, 0.25) is 0 Å². The summed E-state index contributed by atoms with van der Waals surface area (Å²) in [4.78, 5) is 15.9. The number of benzene rings is 1. The molecule has 1 aliphatic rings. The van der Waals surface area contributed by atoms with Crippen molar-refractivity contribution >= 4 is 28.6 Å². The Kier molecular flexibility index (Phi) is 25.3. The maximum atomic E-state index is 9.06. The number of rotatable bonds is 15. The van der Waals surface area contributed by atoms with Crippen LogP contribution in [0.25, 0.3) is 16.5 Å². The molecule has 1 unspecified atom stereocenters. The number of hydrogen-bond acceptors (Lipinski definition) is 7. The van der Waals surface area contributed by atoms with Crippen LogP contribution in [-0.2, 0) is 4.79 Å². The van der Waals surface area contributed by atoms with Crippen LogP contribution in [0.3, 0.4) is 0 Å². The number of pyridine rings is 1. The molecule has 268 valence electrons. The van der Waals surface area contributed by atoms with Gasteiger partial charge in [-0.2, -0.15) is 5.26 Å². The highest BCUT2D eigenvalue weighted by molar-refractivity contribution is 5.86. The van der Waals surface area contributed by atoms with Crippen molar-refractivity contribution in [1.82, 2.24) is 15.2 Å². The molecule has 1 aromatic heterocycles. The Morgan fingerprint density at radius 2 is 1.82 bits per heavy atom. The molecule has 0 bridgehead atoms. The maximum Gasteiger partial charge on any atom is 0.126 e. The van der Waals surface area contributed by atoms with Gasteiger partial charge in [-0.1, -0.05) is 76.8 Å². The Bertz CT molecular complexity index is 1430. The second-order valence-electron chi connectivity index (χ2n) is 12.0. The first-order valence-electron chi connectivity index (χ1n) is 17.6. The summed E-state index contributed by atoms with van der Waals surface area (Å²) in [7, 11) is 2.24. The van der Waals surface area contributed by atoms with E-state index < -0.39 is 0 Å². The van der Waals surface area contributed by atoms with E-state index in [1.807, 2.05) is 58.0 Å². The lowest BCUT2D eigenvalue weighted by Gasteiger charge is -2.19. The molecule has 3 N–H and O–H groups in total. The van der Waals surface area contributed by atoms with Gasteiger partial charge in [-0.05, 0) is 120 Å². The van der Waals surface area contributed by atoms with Gasteiger partial charge in [-0.25, -0.2) is 4.98 Å². The van der Waals surface area contributed by atoms with E-state index >= 15 is 0 Å². The number of carbonyl (C=O) groups is 1. The number of anilines is 1. The predicted octanol–water partition coefficient (Wildman–Crippen LogP) is 10.1. The number of likely N-dealkylation sites (N-methyl/N-ethyl adjacent to an activating group) is 1. The quantitative estimate of drug-likeness (QED) is 0.0570. The molecule has 2 aromatic rings. The molecular weight excluding hydrogens is 606 g/mol. The smallest absolute Gasteiger partial charge is 0.126 e. The number of nitrogens with one attached hydrogen (secondary N) is 2. The molecule has 1 atom stereocenters. The molecule has 0 aliphatic carbocycles. The minimum absolute atomic E-state index is 0.514. The van der Waals surface area contributed by atoms with E-state index in [1.165, 1.54) is 52.2 Å². The third-order valence-electron chi connectivity index (χ3n) is 7.94. The second kappa shape index (κ2) is 27.7. The Labute approximate surface area is 297 Å². The summed E-state index contributed by atoms with van der Waals surface area (Å²) in [5.74, 6) is 1.36. The van der Waals surface area contributed by atoms with Gasteiger partial charge in [0.15, 0.2) is 0 Å². The number of nitrogens with zero attached hydrogens (tertiary/aromatic N) is 3. The van der Waals surface area contributed by atoms with Crippen molar-refractivity contribution in [2.45, 2.75) is 92.5 Å². The number of aldehydes is 1. The highest BCUT2D eigenvalue weighted by Gasteiger charge is 2.19. The number of hydrogen-bond donors (Lipinski definition) is 3. The topological polar surface area (TPSA) is 101 Å². The summed E-state index contributed by atoms with van der Waals surface area (Å²) in [6, 6.07) is 13.2. The predicted molar refractivity (Wildman–Crippen MR) is 213 cm³/mol. The zero-order valence-corrected chi connectivity index (χ0v) is 31.4. The first kappa shape index (κ1) is 44.8. The van der Waals surface area contributed by atoms with Crippen LogP contribution < -0.4 is 10.6 Å². The lowest BCUT2D eigenvalue weighted by atomic mass is 10.0. The number of nitriles is 1. The number of carbonyl (C=O) groups excluding carboxylic acids is 1. The molecule has 1 aliphatic heterocycles. The summed E-state index contributed by atoms with van der Waals surface area (Å²) >= 11 is 0. The highest BCUT2D eigenvalue weighted by Crippen LogP contribution is 2.23. The van der Waals surface area contributed by atoms with Gasteiger partial charge in [-0.15, -0.1) is 0 Å². The molecule has 1 fully saturated rings. The average molecular weight is 670 g/mol. The summed E-state index contributed by atoms with van der Waals surface area (Å²) < 4.78 is 0. The van der Waals surface area contributed by atoms with E-state index in [4.69, 9.17) is 15.2 Å². The number of likely N-dealkylation sites (tertiary alicyclic amines) is 1. The van der Waals surface area contributed by atoms with Crippen molar-refractivity contribution in [3.63, 3.8) is 0 Å². The molecule has 0 radical (unpaired) electrons. The standard InChI is InChI=1S/C24H25N3.C10H22N2.C6H12O.C2H4O/c1-5-18(4)14-15-26-24-13-11-22-16-21(10-12-23(22)27-24)20(7-3)9-8-19(6-2)17-25;1-3-4-7-11-9-10-6-5-8-12(10)2;1-4-6(7)5(2)3;1-2-3/h5,7-13,16H,1,3-4,6,14-15H2,2H3,(H,26,27);10-11H,3-9H2,1-2H3;7H,4H2,1-3H3;2H,1H3/b19-8+,20-9+;;;. The maximum absolute atomic E-state index is 9.06. The van der Waals surface area contributed by atoms with Gasteiger partial charge in [0.2, 0.25) is 0 Å². The number of aromatic nitrogens is 1. The molecule has 1 aromatic carbocycles. The first-order chi connectivity index (χ1) is 23.5. The SMILES string of the molecule is C=CC(=C)CCNc1ccc2cc(/C(C=C)=C/C=C(/C#N)CC)ccc2n1.CC=O.CCC(O)=C(C)C.CCCCNCC1CCCN1C. The van der Waals surface area contributed by atoms with E-state index in [9.17, 15) is 0 Å². The Balaban J connectivity index is 0.000000856. The average Bonchev–Trinajstić information content (AvgIpc) is 3.53. The molecule has 7 nitrogen and oxygen atoms in total. The molecule has 49 heavy (non-hydrogen) atoms. The Hall–Kier alpha value is -4.25. The van der Waals surface area contributed by atoms with Gasteiger partial charge in [0.25, 0.3) is 0 Å². The van der Waals surface area contributed by atoms with Crippen molar-refractivity contribution in [3.8, 4) is 6.07 Å². The lowest BCUT2D eigenvalue weighted by molar-refractivity contribution is -0.106. The fraction of sp³-hybridized carbons (Fsp3) is 0.452. The van der Waals surface area contributed by atoms with Gasteiger partial charge in [0.1, 0.15) is 12.1 Å². The third-order valence-corrected chi connectivity index (χ3v) is 7.94. The van der Waals surface area contributed by atoms with Crippen LogP contribution in [0.15, 0.2) is 96.9 Å². The number of fused-ring (bicyclic) bond motifs is 1. The molecule has 0 spiro atoms. The van der Waals surface area contributed by atoms with E-state index in [0.29, 0.717) is 5.76 Å². The first-order valence-corrected chi connectivity index (χ1v) is 17.6. The molecule has 3 rings (SSSR count). The van der Waals surface area contributed by atoms with Crippen molar-refractivity contribution < 1.29 is 9.90 Å². The van der Waals surface area contributed by atoms with Gasteiger partial charge in [0, 0.05) is 36.5 Å². The van der Waals surface area contributed by atoms with E-state index in [1.54, 1.807) is 12.2 Å². The fourth-order valence-corrected chi connectivity index (χ4v) is 4.72. The number of aliphatic hydroxyl groups is 1. The van der Waals surface area contributed by atoms with Crippen LogP contribution in [-0.4, -0.2) is 60.5 Å². The van der Waals surface area contributed by atoms with Crippen molar-refractivity contribution in [2.75, 3.05) is 38.5 Å². The fourth-order valence-electron chi connectivity index (χ4n) is 4.72. The molecule has 0 amide bonds. The van der Waals surface area contributed by atoms with Crippen LogP contribution >= 0.6 is 0 Å². The number of aliphatic hydroxyl groups excluding tert-OH is 1. The van der Waals surface area contributed by atoms with E-state index in [-0.39, 0.29) is 0 Å². The number of unbranched alkanes of at least 4 members (excludes halogenated alkanes) is 1.